The fraction of sp³-hybridized carbons (Fsp3) is 0.312. The van der Waals surface area contributed by atoms with Crippen LogP contribution in [0, 0.1) is 5.92 Å². The van der Waals surface area contributed by atoms with Gasteiger partial charge in [0.2, 0.25) is 0 Å². The van der Waals surface area contributed by atoms with E-state index in [-0.39, 0.29) is 18.5 Å². The number of nitrogens with two attached hydrogens (primary N) is 1. The lowest BCUT2D eigenvalue weighted by Crippen LogP contribution is -2.19. The molecule has 1 aromatic heterocycles. The second-order valence-corrected chi connectivity index (χ2v) is 5.13. The number of hydrogen-bond donors (Lipinski definition) is 1. The van der Waals surface area contributed by atoms with Crippen molar-refractivity contribution in [3.8, 4) is 0 Å². The van der Waals surface area contributed by atoms with Crippen LogP contribution in [0.2, 0.25) is 0 Å². The minimum absolute atomic E-state index is 0.0483. The van der Waals surface area contributed by atoms with E-state index in [1.165, 1.54) is 0 Å². The van der Waals surface area contributed by atoms with E-state index in [9.17, 15) is 4.79 Å². The monoisotopic (exact) mass is 283 g/mol. The largest absolute Gasteiger partial charge is 0.457 e. The van der Waals surface area contributed by atoms with E-state index in [0.717, 1.165) is 30.2 Å². The highest BCUT2D eigenvalue weighted by atomic mass is 16.5. The maximum Gasteiger partial charge on any atom is 0.309 e. The molecule has 0 radical (unpaired) electrons. The third-order valence-corrected chi connectivity index (χ3v) is 3.62. The minimum Gasteiger partial charge on any atom is -0.457 e. The smallest absolute Gasteiger partial charge is 0.309 e. The third-order valence-electron chi connectivity index (χ3n) is 3.62. The van der Waals surface area contributed by atoms with Crippen molar-refractivity contribution in [1.29, 1.82) is 0 Å². The fourth-order valence-electron chi connectivity index (χ4n) is 2.48. The Morgan fingerprint density at radius 2 is 2.14 bits per heavy atom. The predicted molar refractivity (Wildman–Crippen MR) is 80.2 cm³/mol. The van der Waals surface area contributed by atoms with Crippen LogP contribution in [0.3, 0.4) is 0 Å². The quantitative estimate of drug-likeness (QED) is 0.692. The van der Waals surface area contributed by atoms with Gasteiger partial charge in [0.25, 0.3) is 0 Å². The van der Waals surface area contributed by atoms with Crippen molar-refractivity contribution in [2.45, 2.75) is 25.9 Å². The highest BCUT2D eigenvalue weighted by Gasteiger charge is 2.20. The zero-order valence-corrected chi connectivity index (χ0v) is 11.7. The van der Waals surface area contributed by atoms with Crippen molar-refractivity contribution in [2.24, 2.45) is 5.92 Å². The van der Waals surface area contributed by atoms with Crippen molar-refractivity contribution in [3.05, 3.63) is 42.2 Å². The lowest BCUT2D eigenvalue weighted by molar-refractivity contribution is -0.150. The topological polar surface area (TPSA) is 78.1 Å². The molecule has 0 unspecified atom stereocenters. The van der Waals surface area contributed by atoms with Crippen molar-refractivity contribution in [2.75, 3.05) is 5.73 Å². The predicted octanol–water partition coefficient (Wildman–Crippen LogP) is 2.61. The number of hydrogen-bond acceptors (Lipinski definition) is 5. The molecular formula is C16H17N3O2. The molecule has 0 fully saturated rings. The Kier molecular flexibility index (Phi) is 3.81. The molecule has 0 saturated carbocycles. The van der Waals surface area contributed by atoms with E-state index in [2.05, 4.69) is 16.0 Å². The van der Waals surface area contributed by atoms with E-state index < -0.39 is 0 Å². The van der Waals surface area contributed by atoms with Gasteiger partial charge in [0.1, 0.15) is 5.82 Å². The van der Waals surface area contributed by atoms with Crippen LogP contribution >= 0.6 is 0 Å². The number of nitrogen functional groups attached to an aromatic ring is 1. The van der Waals surface area contributed by atoms with E-state index in [1.54, 1.807) is 0 Å². The number of benzene rings is 1. The van der Waals surface area contributed by atoms with Crippen LogP contribution in [0.5, 0.6) is 0 Å². The molecule has 3 rings (SSSR count). The number of carbonyl (C=O) groups is 1. The van der Waals surface area contributed by atoms with E-state index in [1.807, 2.05) is 30.3 Å². The van der Waals surface area contributed by atoms with Crippen LogP contribution in [-0.4, -0.2) is 15.9 Å². The second-order valence-electron chi connectivity index (χ2n) is 5.13. The number of anilines is 1. The summed E-state index contributed by atoms with van der Waals surface area (Å²) in [6.07, 6.45) is 6.64. The van der Waals surface area contributed by atoms with Gasteiger partial charge in [-0.1, -0.05) is 24.3 Å². The summed E-state index contributed by atoms with van der Waals surface area (Å²) in [5.41, 5.74) is 6.67. The Morgan fingerprint density at radius 3 is 2.95 bits per heavy atom. The molecule has 0 spiro atoms. The summed E-state index contributed by atoms with van der Waals surface area (Å²) in [7, 11) is 0. The van der Waals surface area contributed by atoms with Crippen LogP contribution in [0.1, 0.15) is 25.1 Å². The highest BCUT2D eigenvalue weighted by Crippen LogP contribution is 2.21. The third kappa shape index (κ3) is 3.02. The number of ether oxygens (including phenoxy) is 1. The van der Waals surface area contributed by atoms with E-state index in [0.29, 0.717) is 11.6 Å². The first-order valence-corrected chi connectivity index (χ1v) is 7.07. The van der Waals surface area contributed by atoms with Gasteiger partial charge < -0.3 is 10.5 Å². The van der Waals surface area contributed by atoms with Gasteiger partial charge in [-0.25, -0.2) is 9.97 Å². The molecule has 0 saturated heterocycles. The van der Waals surface area contributed by atoms with Gasteiger partial charge in [0.05, 0.1) is 11.4 Å². The SMILES string of the molecule is Nc1nc(COC(=O)[C@@H]2CC=CCC2)nc2ccccc12. The molecule has 1 aliphatic carbocycles. The molecule has 1 atom stereocenters. The van der Waals surface area contributed by atoms with Gasteiger partial charge in [0, 0.05) is 5.39 Å². The Bertz CT molecular complexity index is 697. The maximum absolute atomic E-state index is 12.0. The van der Waals surface area contributed by atoms with Gasteiger partial charge in [-0.05, 0) is 31.4 Å². The standard InChI is InChI=1S/C16H17N3O2/c17-15-12-8-4-5-9-13(12)18-14(19-15)10-21-16(20)11-6-2-1-3-7-11/h1-2,4-5,8-9,11H,3,6-7,10H2,(H2,17,18,19)/t11-/m1/s1. The number of esters is 1. The number of fused-ring (bicyclic) bond motifs is 1. The van der Waals surface area contributed by atoms with Crippen LogP contribution in [0.25, 0.3) is 10.9 Å². The van der Waals surface area contributed by atoms with Gasteiger partial charge in [-0.3, -0.25) is 4.79 Å². The molecule has 108 valence electrons. The molecule has 0 aliphatic heterocycles. The Balaban J connectivity index is 1.70. The van der Waals surface area contributed by atoms with Crippen molar-refractivity contribution < 1.29 is 9.53 Å². The van der Waals surface area contributed by atoms with Gasteiger partial charge in [0.15, 0.2) is 12.4 Å². The van der Waals surface area contributed by atoms with Crippen molar-refractivity contribution in [1.82, 2.24) is 9.97 Å². The Hall–Kier alpha value is -2.43. The number of allylic oxidation sites excluding steroid dienone is 2. The van der Waals surface area contributed by atoms with Crippen LogP contribution < -0.4 is 5.73 Å². The second kappa shape index (κ2) is 5.91. The summed E-state index contributed by atoms with van der Waals surface area (Å²) in [6.45, 7) is 0.0636. The number of nitrogens with zero attached hydrogens (tertiary/aromatic N) is 2. The summed E-state index contributed by atoms with van der Waals surface area (Å²) >= 11 is 0. The average molecular weight is 283 g/mol. The molecule has 0 amide bonds. The molecule has 2 aromatic rings. The first-order chi connectivity index (χ1) is 10.2. The first kappa shape index (κ1) is 13.5. The Morgan fingerprint density at radius 1 is 1.29 bits per heavy atom. The Labute approximate surface area is 122 Å². The number of para-hydroxylation sites is 1. The van der Waals surface area contributed by atoms with Gasteiger partial charge in [-0.2, -0.15) is 0 Å². The number of rotatable bonds is 3. The maximum atomic E-state index is 12.0. The summed E-state index contributed by atoms with van der Waals surface area (Å²) < 4.78 is 5.32. The van der Waals surface area contributed by atoms with Crippen molar-refractivity contribution >= 4 is 22.7 Å². The van der Waals surface area contributed by atoms with Gasteiger partial charge >= 0.3 is 5.97 Å². The van der Waals surface area contributed by atoms with E-state index >= 15 is 0 Å². The van der Waals surface area contributed by atoms with Crippen LogP contribution in [0.4, 0.5) is 5.82 Å². The summed E-state index contributed by atoms with van der Waals surface area (Å²) in [4.78, 5) is 20.5. The normalized spacial score (nSPS) is 17.8. The van der Waals surface area contributed by atoms with Crippen molar-refractivity contribution in [3.63, 3.8) is 0 Å². The molecule has 5 heteroatoms. The lowest BCUT2D eigenvalue weighted by Gasteiger charge is -2.16. The summed E-state index contributed by atoms with van der Waals surface area (Å²) in [6, 6.07) is 7.51. The number of carbonyl (C=O) groups excluding carboxylic acids is 1. The summed E-state index contributed by atoms with van der Waals surface area (Å²) in [5, 5.41) is 0.810. The summed E-state index contributed by atoms with van der Waals surface area (Å²) in [5.74, 6) is 0.612. The minimum atomic E-state index is -0.185. The zero-order chi connectivity index (χ0) is 14.7. The first-order valence-electron chi connectivity index (χ1n) is 7.07. The molecule has 1 heterocycles. The molecule has 5 nitrogen and oxygen atoms in total. The molecular weight excluding hydrogens is 266 g/mol. The molecule has 0 bridgehead atoms. The number of aromatic nitrogens is 2. The molecule has 1 aliphatic rings. The molecule has 1 aromatic carbocycles. The molecule has 2 N–H and O–H groups in total. The van der Waals surface area contributed by atoms with Crippen LogP contribution in [-0.2, 0) is 16.1 Å². The zero-order valence-electron chi connectivity index (χ0n) is 11.7. The van der Waals surface area contributed by atoms with Gasteiger partial charge in [-0.15, -0.1) is 0 Å². The average Bonchev–Trinajstić information content (AvgIpc) is 2.53. The highest BCUT2D eigenvalue weighted by molar-refractivity contribution is 5.87. The van der Waals surface area contributed by atoms with E-state index in [4.69, 9.17) is 10.5 Å². The van der Waals surface area contributed by atoms with Crippen LogP contribution in [0.15, 0.2) is 36.4 Å². The molecule has 21 heavy (non-hydrogen) atoms. The lowest BCUT2D eigenvalue weighted by atomic mass is 9.95. The fourth-order valence-corrected chi connectivity index (χ4v) is 2.48.